The molecule has 3 amide bonds. The first kappa shape index (κ1) is 25.5. The van der Waals surface area contributed by atoms with Crippen molar-refractivity contribution in [2.24, 2.45) is 0 Å². The summed E-state index contributed by atoms with van der Waals surface area (Å²) in [6.45, 7) is 7.79. The molecule has 4 rings (SSSR count). The third-order valence-electron chi connectivity index (χ3n) is 6.29. The van der Waals surface area contributed by atoms with Gasteiger partial charge in [-0.25, -0.2) is 4.98 Å². The first-order valence-corrected chi connectivity index (χ1v) is 13.2. The summed E-state index contributed by atoms with van der Waals surface area (Å²) in [7, 11) is 0. The third-order valence-corrected chi connectivity index (χ3v) is 7.02. The summed E-state index contributed by atoms with van der Waals surface area (Å²) >= 11 is 1.69. The van der Waals surface area contributed by atoms with E-state index in [2.05, 4.69) is 39.0 Å². The van der Waals surface area contributed by atoms with E-state index in [1.165, 1.54) is 10.5 Å². The van der Waals surface area contributed by atoms with E-state index < -0.39 is 0 Å². The molecule has 1 aliphatic rings. The lowest BCUT2D eigenvalue weighted by atomic mass is 10.1. The Morgan fingerprint density at radius 2 is 1.86 bits per heavy atom. The van der Waals surface area contributed by atoms with Crippen molar-refractivity contribution in [2.45, 2.75) is 33.2 Å². The van der Waals surface area contributed by atoms with Crippen LogP contribution in [0.15, 0.2) is 59.4 Å². The van der Waals surface area contributed by atoms with Crippen LogP contribution in [-0.4, -0.2) is 58.7 Å². The van der Waals surface area contributed by atoms with Crippen LogP contribution in [0, 0.1) is 0 Å². The topological polar surface area (TPSA) is 85.9 Å². The van der Waals surface area contributed by atoms with Gasteiger partial charge in [0.05, 0.1) is 16.9 Å². The summed E-state index contributed by atoms with van der Waals surface area (Å²) in [6.07, 6.45) is 1.69. The van der Waals surface area contributed by atoms with Gasteiger partial charge < -0.3 is 10.2 Å². The lowest BCUT2D eigenvalue weighted by molar-refractivity contribution is -0.133. The maximum atomic E-state index is 13.5. The van der Waals surface area contributed by atoms with Gasteiger partial charge in [0, 0.05) is 45.2 Å². The number of hydrogen-bond donors (Lipinski definition) is 1. The zero-order valence-electron chi connectivity index (χ0n) is 20.6. The summed E-state index contributed by atoms with van der Waals surface area (Å²) < 4.78 is 0. The quantitative estimate of drug-likeness (QED) is 0.438. The normalized spacial score (nSPS) is 12.5. The minimum atomic E-state index is -0.300. The molecule has 1 aromatic carbocycles. The zero-order chi connectivity index (χ0) is 25.5. The van der Waals surface area contributed by atoms with Crippen molar-refractivity contribution < 1.29 is 14.4 Å². The van der Waals surface area contributed by atoms with Crippen molar-refractivity contribution >= 4 is 46.3 Å². The Bertz CT molecular complexity index is 1210. The number of aromatic nitrogens is 1. The van der Waals surface area contributed by atoms with Crippen LogP contribution in [0.4, 0.5) is 17.2 Å². The molecule has 0 fully saturated rings. The van der Waals surface area contributed by atoms with Crippen LogP contribution < -0.4 is 10.2 Å². The molecule has 0 atom stereocenters. The minimum Gasteiger partial charge on any atom is -0.342 e. The van der Waals surface area contributed by atoms with Crippen molar-refractivity contribution in [3.8, 4) is 0 Å². The fourth-order valence-electron chi connectivity index (χ4n) is 4.28. The lowest BCUT2D eigenvalue weighted by Gasteiger charge is -2.27. The second kappa shape index (κ2) is 11.9. The molecule has 8 nitrogen and oxygen atoms in total. The molecule has 188 valence electrons. The van der Waals surface area contributed by atoms with Crippen LogP contribution in [0.25, 0.3) is 0 Å². The van der Waals surface area contributed by atoms with Crippen molar-refractivity contribution in [3.63, 3.8) is 0 Å². The van der Waals surface area contributed by atoms with Gasteiger partial charge in [-0.1, -0.05) is 19.1 Å². The number of para-hydroxylation sites is 1. The molecule has 36 heavy (non-hydrogen) atoms. The van der Waals surface area contributed by atoms with E-state index in [0.29, 0.717) is 35.8 Å². The number of carbonyl (C=O) groups is 3. The fraction of sp³-hybridized carbons (Fsp3) is 0.333. The van der Waals surface area contributed by atoms with Gasteiger partial charge in [0.25, 0.3) is 5.91 Å². The molecule has 0 saturated carbocycles. The monoisotopic (exact) mass is 505 g/mol. The average Bonchev–Trinajstić information content (AvgIpc) is 3.37. The lowest BCUT2D eigenvalue weighted by Crippen LogP contribution is -2.39. The molecule has 0 spiro atoms. The second-order valence-electron chi connectivity index (χ2n) is 8.55. The molecule has 1 N–H and O–H groups in total. The highest BCUT2D eigenvalue weighted by molar-refractivity contribution is 7.07. The third kappa shape index (κ3) is 5.80. The predicted molar refractivity (Wildman–Crippen MR) is 143 cm³/mol. The van der Waals surface area contributed by atoms with Crippen LogP contribution in [-0.2, 0) is 16.1 Å². The zero-order valence-corrected chi connectivity index (χ0v) is 21.5. The number of fused-ring (bicyclic) bond motifs is 2. The smallest absolute Gasteiger partial charge is 0.257 e. The Balaban J connectivity index is 1.42. The highest BCUT2D eigenvalue weighted by Gasteiger charge is 2.30. The summed E-state index contributed by atoms with van der Waals surface area (Å²) in [4.78, 5) is 49.2. The highest BCUT2D eigenvalue weighted by Crippen LogP contribution is 2.36. The van der Waals surface area contributed by atoms with E-state index in [1.54, 1.807) is 58.8 Å². The van der Waals surface area contributed by atoms with Gasteiger partial charge in [0.2, 0.25) is 11.8 Å². The maximum absolute atomic E-state index is 13.5. The van der Waals surface area contributed by atoms with Gasteiger partial charge in [-0.3, -0.25) is 24.2 Å². The summed E-state index contributed by atoms with van der Waals surface area (Å²) in [5.74, 6) is -0.286. The van der Waals surface area contributed by atoms with E-state index in [1.807, 2.05) is 6.92 Å². The van der Waals surface area contributed by atoms with Crippen molar-refractivity contribution in [3.05, 3.63) is 70.5 Å². The van der Waals surface area contributed by atoms with Crippen LogP contribution in [0.2, 0.25) is 0 Å². The fourth-order valence-corrected chi connectivity index (χ4v) is 4.94. The number of likely N-dealkylation sites (N-methyl/N-ethyl adjacent to an activating group) is 2. The number of anilines is 3. The molecule has 9 heteroatoms. The Labute approximate surface area is 215 Å². The Hall–Kier alpha value is -3.56. The summed E-state index contributed by atoms with van der Waals surface area (Å²) in [5, 5.41) is 7.05. The van der Waals surface area contributed by atoms with Crippen molar-refractivity contribution in [2.75, 3.05) is 36.4 Å². The Morgan fingerprint density at radius 1 is 1.03 bits per heavy atom. The Morgan fingerprint density at radius 3 is 2.61 bits per heavy atom. The molecular formula is C27H31N5O3S. The van der Waals surface area contributed by atoms with Crippen LogP contribution in [0.3, 0.4) is 0 Å². The molecule has 1 aliphatic heterocycles. The van der Waals surface area contributed by atoms with Gasteiger partial charge in [0.1, 0.15) is 0 Å². The molecule has 3 heterocycles. The van der Waals surface area contributed by atoms with Gasteiger partial charge >= 0.3 is 0 Å². The van der Waals surface area contributed by atoms with Crippen LogP contribution >= 0.6 is 11.3 Å². The molecule has 0 unspecified atom stereocenters. The first-order valence-electron chi connectivity index (χ1n) is 12.2. The first-order chi connectivity index (χ1) is 17.5. The van der Waals surface area contributed by atoms with Crippen molar-refractivity contribution in [1.82, 2.24) is 14.8 Å². The molecule has 3 aromatic rings. The number of benzene rings is 1. The standard InChI is InChI=1S/C27H31N5O3S/c1-3-30(18-20-13-17-36-19-20)15-16-31(4-2)24(33)11-12-25(34)32-23-10-6-5-8-21(23)27(35)29-22-9-7-14-28-26(22)32/h5-10,13-14,17,19H,3-4,11-12,15-16,18H2,1-2H3,(H,29,35). The van der Waals surface area contributed by atoms with E-state index in [0.717, 1.165) is 19.6 Å². The van der Waals surface area contributed by atoms with E-state index in [9.17, 15) is 14.4 Å². The van der Waals surface area contributed by atoms with Gasteiger partial charge in [-0.05, 0) is 60.1 Å². The number of carbonyl (C=O) groups excluding carboxylic acids is 3. The average molecular weight is 506 g/mol. The second-order valence-corrected chi connectivity index (χ2v) is 9.33. The minimum absolute atomic E-state index is 0.0142. The molecule has 0 aliphatic carbocycles. The number of thiophene rings is 1. The Kier molecular flexibility index (Phi) is 8.45. The number of rotatable bonds is 10. The number of nitrogens with one attached hydrogen (secondary N) is 1. The maximum Gasteiger partial charge on any atom is 0.257 e. The van der Waals surface area contributed by atoms with E-state index in [-0.39, 0.29) is 30.6 Å². The molecule has 2 aromatic heterocycles. The van der Waals surface area contributed by atoms with Crippen molar-refractivity contribution in [1.29, 1.82) is 0 Å². The number of pyridine rings is 1. The number of nitrogens with zero attached hydrogens (tertiary/aromatic N) is 4. The van der Waals surface area contributed by atoms with Crippen LogP contribution in [0.1, 0.15) is 42.6 Å². The van der Waals surface area contributed by atoms with Crippen LogP contribution in [0.5, 0.6) is 0 Å². The predicted octanol–water partition coefficient (Wildman–Crippen LogP) is 4.52. The number of hydrogen-bond acceptors (Lipinski definition) is 6. The van der Waals surface area contributed by atoms with Gasteiger partial charge in [-0.15, -0.1) is 0 Å². The largest absolute Gasteiger partial charge is 0.342 e. The molecule has 0 radical (unpaired) electrons. The molecule has 0 bridgehead atoms. The van der Waals surface area contributed by atoms with Gasteiger partial charge in [-0.2, -0.15) is 11.3 Å². The highest BCUT2D eigenvalue weighted by atomic mass is 32.1. The number of amides is 3. The van der Waals surface area contributed by atoms with E-state index in [4.69, 9.17) is 0 Å². The summed E-state index contributed by atoms with van der Waals surface area (Å²) in [6, 6.07) is 12.5. The molecular weight excluding hydrogens is 474 g/mol. The van der Waals surface area contributed by atoms with Gasteiger partial charge in [0.15, 0.2) is 5.82 Å². The molecule has 0 saturated heterocycles. The SMILES string of the molecule is CCN(CCN(CC)C(=O)CCC(=O)N1c2ccccc2C(=O)Nc2cccnc21)Cc1ccsc1. The summed E-state index contributed by atoms with van der Waals surface area (Å²) in [5.41, 5.74) is 2.58. The van der Waals surface area contributed by atoms with E-state index >= 15 is 0 Å².